The first kappa shape index (κ1) is 8.75. The summed E-state index contributed by atoms with van der Waals surface area (Å²) in [6, 6.07) is 0.739. The van der Waals surface area contributed by atoms with Gasteiger partial charge in [-0.25, -0.2) is 0 Å². The zero-order chi connectivity index (χ0) is 9.26. The molecule has 2 N–H and O–H groups in total. The van der Waals surface area contributed by atoms with Gasteiger partial charge in [0.2, 0.25) is 0 Å². The lowest BCUT2D eigenvalue weighted by Crippen LogP contribution is -2.06. The van der Waals surface area contributed by atoms with Crippen LogP contribution in [0.15, 0.2) is 12.4 Å². The number of nitrogens with zero attached hydrogens (tertiary/aromatic N) is 2. The Morgan fingerprint density at radius 2 is 2.23 bits per heavy atom. The van der Waals surface area contributed by atoms with Crippen molar-refractivity contribution in [2.24, 2.45) is 5.73 Å². The summed E-state index contributed by atoms with van der Waals surface area (Å²) in [4.78, 5) is 0. The fourth-order valence-electron chi connectivity index (χ4n) is 1.96. The molecule has 1 aliphatic carbocycles. The van der Waals surface area contributed by atoms with Gasteiger partial charge in [-0.15, -0.1) is 0 Å². The van der Waals surface area contributed by atoms with Crippen molar-refractivity contribution >= 4 is 0 Å². The molecule has 1 aromatic heterocycles. The molecule has 0 amide bonds. The Morgan fingerprint density at radius 1 is 1.54 bits per heavy atom. The monoisotopic (exact) mass is 179 g/mol. The van der Waals surface area contributed by atoms with Gasteiger partial charge in [0.25, 0.3) is 0 Å². The van der Waals surface area contributed by atoms with Crippen LogP contribution in [0.25, 0.3) is 0 Å². The standard InChI is InChI=1S/C10H17N3/c1-8(11)9-6-12-13(7-9)10-4-2-3-5-10/h6-8,10H,2-5,11H2,1H3. The molecular formula is C10H17N3. The average molecular weight is 179 g/mol. The van der Waals surface area contributed by atoms with Crippen LogP contribution in [0.1, 0.15) is 50.3 Å². The number of hydrogen-bond acceptors (Lipinski definition) is 2. The summed E-state index contributed by atoms with van der Waals surface area (Å²) >= 11 is 0. The molecule has 1 unspecified atom stereocenters. The molecule has 0 aromatic carbocycles. The first-order valence-corrected chi connectivity index (χ1v) is 5.07. The van der Waals surface area contributed by atoms with E-state index in [0.29, 0.717) is 6.04 Å². The van der Waals surface area contributed by atoms with E-state index in [-0.39, 0.29) is 6.04 Å². The molecule has 3 heteroatoms. The molecule has 0 radical (unpaired) electrons. The highest BCUT2D eigenvalue weighted by Crippen LogP contribution is 2.29. The molecule has 3 nitrogen and oxygen atoms in total. The highest BCUT2D eigenvalue weighted by atomic mass is 15.3. The van der Waals surface area contributed by atoms with Crippen molar-refractivity contribution < 1.29 is 0 Å². The third kappa shape index (κ3) is 1.75. The van der Waals surface area contributed by atoms with Crippen LogP contribution in [0.3, 0.4) is 0 Å². The largest absolute Gasteiger partial charge is 0.324 e. The second kappa shape index (κ2) is 3.50. The molecule has 1 aromatic rings. The Kier molecular flexibility index (Phi) is 2.36. The Balaban J connectivity index is 2.12. The Hall–Kier alpha value is -0.830. The zero-order valence-corrected chi connectivity index (χ0v) is 8.11. The summed E-state index contributed by atoms with van der Waals surface area (Å²) in [5.74, 6) is 0. The van der Waals surface area contributed by atoms with Crippen molar-refractivity contribution in [3.63, 3.8) is 0 Å². The summed E-state index contributed by atoms with van der Waals surface area (Å²) in [7, 11) is 0. The van der Waals surface area contributed by atoms with Crippen molar-refractivity contribution in [2.75, 3.05) is 0 Å². The van der Waals surface area contributed by atoms with Crippen molar-refractivity contribution in [3.8, 4) is 0 Å². The first-order chi connectivity index (χ1) is 6.27. The van der Waals surface area contributed by atoms with Crippen LogP contribution in [0.5, 0.6) is 0 Å². The predicted molar refractivity (Wildman–Crippen MR) is 52.3 cm³/mol. The molecular weight excluding hydrogens is 162 g/mol. The van der Waals surface area contributed by atoms with Crippen molar-refractivity contribution in [1.29, 1.82) is 0 Å². The molecule has 1 aliphatic rings. The highest BCUT2D eigenvalue weighted by Gasteiger charge is 2.17. The maximum Gasteiger partial charge on any atom is 0.0537 e. The van der Waals surface area contributed by atoms with Gasteiger partial charge in [-0.05, 0) is 19.8 Å². The van der Waals surface area contributed by atoms with E-state index in [1.807, 2.05) is 13.1 Å². The van der Waals surface area contributed by atoms with Crippen molar-refractivity contribution in [2.45, 2.75) is 44.7 Å². The fraction of sp³-hybridized carbons (Fsp3) is 0.700. The molecule has 0 spiro atoms. The number of aromatic nitrogens is 2. The lowest BCUT2D eigenvalue weighted by atomic mass is 10.2. The van der Waals surface area contributed by atoms with Gasteiger partial charge in [0, 0.05) is 17.8 Å². The van der Waals surface area contributed by atoms with E-state index in [4.69, 9.17) is 5.73 Å². The molecule has 1 fully saturated rings. The SMILES string of the molecule is CC(N)c1cnn(C2CCCC2)c1. The van der Waals surface area contributed by atoms with Gasteiger partial charge in [-0.2, -0.15) is 5.10 Å². The Morgan fingerprint density at radius 3 is 2.77 bits per heavy atom. The number of nitrogens with two attached hydrogens (primary N) is 1. The fourth-order valence-corrected chi connectivity index (χ4v) is 1.96. The van der Waals surface area contributed by atoms with E-state index in [2.05, 4.69) is 16.0 Å². The normalized spacial score (nSPS) is 20.8. The average Bonchev–Trinajstić information content (AvgIpc) is 2.75. The Bertz CT molecular complexity index is 271. The number of hydrogen-bond donors (Lipinski definition) is 1. The topological polar surface area (TPSA) is 43.8 Å². The zero-order valence-electron chi connectivity index (χ0n) is 8.11. The van der Waals surface area contributed by atoms with Crippen LogP contribution in [0.2, 0.25) is 0 Å². The Labute approximate surface area is 78.9 Å². The summed E-state index contributed by atoms with van der Waals surface area (Å²) in [6.07, 6.45) is 9.24. The van der Waals surface area contributed by atoms with E-state index in [1.54, 1.807) is 0 Å². The van der Waals surface area contributed by atoms with Gasteiger partial charge in [-0.3, -0.25) is 4.68 Å². The van der Waals surface area contributed by atoms with Crippen molar-refractivity contribution in [3.05, 3.63) is 18.0 Å². The first-order valence-electron chi connectivity index (χ1n) is 5.07. The summed E-state index contributed by atoms with van der Waals surface area (Å²) in [6.45, 7) is 2.00. The lowest BCUT2D eigenvalue weighted by Gasteiger charge is -2.08. The minimum atomic E-state index is 0.107. The molecule has 1 saturated carbocycles. The summed E-state index contributed by atoms with van der Waals surface area (Å²) in [5.41, 5.74) is 6.92. The van der Waals surface area contributed by atoms with Gasteiger partial charge < -0.3 is 5.73 Å². The predicted octanol–water partition coefficient (Wildman–Crippen LogP) is 2.02. The molecule has 0 aliphatic heterocycles. The quantitative estimate of drug-likeness (QED) is 0.754. The van der Waals surface area contributed by atoms with Crippen LogP contribution < -0.4 is 5.73 Å². The minimum Gasteiger partial charge on any atom is -0.324 e. The van der Waals surface area contributed by atoms with Crippen LogP contribution in [0, 0.1) is 0 Å². The van der Waals surface area contributed by atoms with E-state index >= 15 is 0 Å². The molecule has 72 valence electrons. The van der Waals surface area contributed by atoms with Gasteiger partial charge in [0.15, 0.2) is 0 Å². The molecule has 13 heavy (non-hydrogen) atoms. The minimum absolute atomic E-state index is 0.107. The van der Waals surface area contributed by atoms with Gasteiger partial charge >= 0.3 is 0 Å². The summed E-state index contributed by atoms with van der Waals surface area (Å²) < 4.78 is 2.09. The van der Waals surface area contributed by atoms with Crippen LogP contribution in [0.4, 0.5) is 0 Å². The van der Waals surface area contributed by atoms with Crippen LogP contribution in [-0.4, -0.2) is 9.78 Å². The van der Waals surface area contributed by atoms with Crippen molar-refractivity contribution in [1.82, 2.24) is 9.78 Å². The van der Waals surface area contributed by atoms with Crippen LogP contribution >= 0.6 is 0 Å². The molecule has 0 saturated heterocycles. The van der Waals surface area contributed by atoms with Gasteiger partial charge in [0.05, 0.1) is 12.2 Å². The molecule has 1 heterocycles. The highest BCUT2D eigenvalue weighted by molar-refractivity contribution is 5.08. The lowest BCUT2D eigenvalue weighted by molar-refractivity contribution is 0.466. The maximum atomic E-state index is 5.77. The third-order valence-corrected chi connectivity index (χ3v) is 2.85. The van der Waals surface area contributed by atoms with E-state index in [0.717, 1.165) is 5.56 Å². The van der Waals surface area contributed by atoms with Gasteiger partial charge in [0.1, 0.15) is 0 Å². The van der Waals surface area contributed by atoms with Gasteiger partial charge in [-0.1, -0.05) is 12.8 Å². The third-order valence-electron chi connectivity index (χ3n) is 2.85. The summed E-state index contributed by atoms with van der Waals surface area (Å²) in [5, 5.41) is 4.36. The molecule has 0 bridgehead atoms. The van der Waals surface area contributed by atoms with E-state index in [9.17, 15) is 0 Å². The maximum absolute atomic E-state index is 5.77. The van der Waals surface area contributed by atoms with Crippen LogP contribution in [-0.2, 0) is 0 Å². The second-order valence-corrected chi connectivity index (χ2v) is 3.98. The molecule has 2 rings (SSSR count). The number of rotatable bonds is 2. The van der Waals surface area contributed by atoms with E-state index in [1.165, 1.54) is 25.7 Å². The smallest absolute Gasteiger partial charge is 0.0537 e. The van der Waals surface area contributed by atoms with E-state index < -0.39 is 0 Å². The second-order valence-electron chi connectivity index (χ2n) is 3.98. The molecule has 1 atom stereocenters.